The summed E-state index contributed by atoms with van der Waals surface area (Å²) in [4.78, 5) is 18.7. The van der Waals surface area contributed by atoms with Crippen LogP contribution >= 0.6 is 0 Å². The van der Waals surface area contributed by atoms with Crippen LogP contribution in [-0.4, -0.2) is 62.2 Å². The minimum absolute atomic E-state index is 0.0385. The van der Waals surface area contributed by atoms with Gasteiger partial charge in [-0.25, -0.2) is 4.99 Å². The molecule has 0 spiro atoms. The average Bonchev–Trinajstić information content (AvgIpc) is 3.14. The smallest absolute Gasteiger partial charge is 0.225 e. The van der Waals surface area contributed by atoms with Gasteiger partial charge < -0.3 is 25.0 Å². The summed E-state index contributed by atoms with van der Waals surface area (Å²) in [7, 11) is 1.64. The molecule has 0 aromatic heterocycles. The first kappa shape index (κ1) is 21.9. The van der Waals surface area contributed by atoms with E-state index in [1.165, 1.54) is 0 Å². The second-order valence-electron chi connectivity index (χ2n) is 7.39. The van der Waals surface area contributed by atoms with Crippen molar-refractivity contribution in [2.24, 2.45) is 10.9 Å². The predicted molar refractivity (Wildman–Crippen MR) is 112 cm³/mol. The lowest BCUT2D eigenvalue weighted by Gasteiger charge is -2.21. The number of hydrogen-bond donors (Lipinski definition) is 2. The van der Waals surface area contributed by atoms with Crippen molar-refractivity contribution in [3.05, 3.63) is 24.3 Å². The van der Waals surface area contributed by atoms with Gasteiger partial charge in [-0.3, -0.25) is 4.79 Å². The maximum Gasteiger partial charge on any atom is 0.225 e. The van der Waals surface area contributed by atoms with Crippen molar-refractivity contribution in [1.29, 1.82) is 0 Å². The number of rotatable bonds is 8. The molecule has 1 heterocycles. The Kier molecular flexibility index (Phi) is 8.42. The summed E-state index contributed by atoms with van der Waals surface area (Å²) in [6.07, 6.45) is 0.868. The molecule has 0 aliphatic carbocycles. The van der Waals surface area contributed by atoms with Crippen molar-refractivity contribution in [1.82, 2.24) is 15.5 Å². The Balaban J connectivity index is 1.86. The number of ether oxygens (including phenoxy) is 2. The van der Waals surface area contributed by atoms with Gasteiger partial charge in [-0.2, -0.15) is 0 Å². The van der Waals surface area contributed by atoms with E-state index in [1.807, 2.05) is 56.9 Å². The molecule has 1 fully saturated rings. The molecule has 1 aromatic carbocycles. The van der Waals surface area contributed by atoms with Crippen LogP contribution in [0.5, 0.6) is 11.5 Å². The molecule has 2 atom stereocenters. The monoisotopic (exact) mass is 390 g/mol. The Hall–Kier alpha value is -2.44. The Morgan fingerprint density at radius 1 is 1.25 bits per heavy atom. The molecule has 2 N–H and O–H groups in total. The first-order valence-electron chi connectivity index (χ1n) is 10.1. The largest absolute Gasteiger partial charge is 0.497 e. The zero-order chi connectivity index (χ0) is 20.5. The number of benzene rings is 1. The third-order valence-electron chi connectivity index (χ3n) is 4.58. The quantitative estimate of drug-likeness (QED) is 0.526. The van der Waals surface area contributed by atoms with E-state index in [9.17, 15) is 4.79 Å². The van der Waals surface area contributed by atoms with E-state index >= 15 is 0 Å². The lowest BCUT2D eigenvalue weighted by molar-refractivity contribution is -0.133. The number of nitrogens with zero attached hydrogens (tertiary/aromatic N) is 2. The zero-order valence-corrected chi connectivity index (χ0v) is 17.7. The van der Waals surface area contributed by atoms with Crippen LogP contribution in [0, 0.1) is 5.92 Å². The fourth-order valence-corrected chi connectivity index (χ4v) is 3.10. The van der Waals surface area contributed by atoms with Gasteiger partial charge in [0.25, 0.3) is 0 Å². The highest BCUT2D eigenvalue weighted by Crippen LogP contribution is 2.18. The highest BCUT2D eigenvalue weighted by molar-refractivity contribution is 5.81. The molecule has 156 valence electrons. The fourth-order valence-electron chi connectivity index (χ4n) is 3.10. The van der Waals surface area contributed by atoms with Gasteiger partial charge in [0, 0.05) is 31.6 Å². The van der Waals surface area contributed by atoms with Crippen LogP contribution in [0.3, 0.4) is 0 Å². The number of amides is 1. The topological polar surface area (TPSA) is 75.2 Å². The molecule has 0 saturated carbocycles. The molecule has 1 saturated heterocycles. The van der Waals surface area contributed by atoms with Crippen molar-refractivity contribution >= 4 is 11.9 Å². The van der Waals surface area contributed by atoms with Gasteiger partial charge in [0.05, 0.1) is 13.7 Å². The van der Waals surface area contributed by atoms with Crippen LogP contribution in [0.25, 0.3) is 0 Å². The van der Waals surface area contributed by atoms with E-state index in [2.05, 4.69) is 15.6 Å². The molecule has 28 heavy (non-hydrogen) atoms. The van der Waals surface area contributed by atoms with Gasteiger partial charge in [0.2, 0.25) is 5.91 Å². The summed E-state index contributed by atoms with van der Waals surface area (Å²) in [6, 6.07) is 7.75. The van der Waals surface area contributed by atoms with Gasteiger partial charge in [0.1, 0.15) is 17.6 Å². The molecule has 1 aliphatic heterocycles. The Labute approximate surface area is 168 Å². The number of hydrogen-bond acceptors (Lipinski definition) is 4. The number of likely N-dealkylation sites (tertiary alicyclic amines) is 1. The normalized spacial score (nSPS) is 18.1. The highest BCUT2D eigenvalue weighted by Gasteiger charge is 2.27. The number of aliphatic imine (C=N–C) groups is 1. The van der Waals surface area contributed by atoms with Crippen LogP contribution in [0.2, 0.25) is 0 Å². The summed E-state index contributed by atoms with van der Waals surface area (Å²) >= 11 is 0. The summed E-state index contributed by atoms with van der Waals surface area (Å²) in [6.45, 7) is 10.7. The third kappa shape index (κ3) is 6.62. The SMILES string of the molecule is CCNC(=NCC(C)Oc1ccc(OC)cc1)NC1CCN(C(=O)C(C)C)C1. The van der Waals surface area contributed by atoms with Crippen molar-refractivity contribution < 1.29 is 14.3 Å². The number of carbonyl (C=O) groups is 1. The van der Waals surface area contributed by atoms with Crippen molar-refractivity contribution in [3.63, 3.8) is 0 Å². The number of nitrogens with one attached hydrogen (secondary N) is 2. The Morgan fingerprint density at radius 3 is 2.54 bits per heavy atom. The lowest BCUT2D eigenvalue weighted by Crippen LogP contribution is -2.45. The van der Waals surface area contributed by atoms with E-state index in [4.69, 9.17) is 9.47 Å². The Morgan fingerprint density at radius 2 is 1.93 bits per heavy atom. The van der Waals surface area contributed by atoms with Crippen molar-refractivity contribution in [3.8, 4) is 11.5 Å². The van der Waals surface area contributed by atoms with E-state index in [-0.39, 0.29) is 24.0 Å². The maximum atomic E-state index is 12.2. The van der Waals surface area contributed by atoms with Gasteiger partial charge in [-0.1, -0.05) is 13.8 Å². The number of methoxy groups -OCH3 is 1. The molecule has 1 amide bonds. The maximum absolute atomic E-state index is 12.2. The summed E-state index contributed by atoms with van der Waals surface area (Å²) in [5.41, 5.74) is 0. The number of guanidine groups is 1. The van der Waals surface area contributed by atoms with Gasteiger partial charge >= 0.3 is 0 Å². The molecular formula is C21H34N4O3. The van der Waals surface area contributed by atoms with Gasteiger partial charge in [0.15, 0.2) is 5.96 Å². The van der Waals surface area contributed by atoms with Crippen LogP contribution in [-0.2, 0) is 4.79 Å². The molecular weight excluding hydrogens is 356 g/mol. The third-order valence-corrected chi connectivity index (χ3v) is 4.58. The molecule has 0 radical (unpaired) electrons. The summed E-state index contributed by atoms with van der Waals surface area (Å²) < 4.78 is 11.1. The molecule has 7 heteroatoms. The van der Waals surface area contributed by atoms with E-state index < -0.39 is 0 Å². The van der Waals surface area contributed by atoms with E-state index in [0.717, 1.165) is 43.5 Å². The van der Waals surface area contributed by atoms with E-state index in [0.29, 0.717) is 6.54 Å². The lowest BCUT2D eigenvalue weighted by atomic mass is 10.2. The first-order valence-corrected chi connectivity index (χ1v) is 10.1. The molecule has 2 unspecified atom stereocenters. The van der Waals surface area contributed by atoms with Crippen LogP contribution in [0.1, 0.15) is 34.1 Å². The highest BCUT2D eigenvalue weighted by atomic mass is 16.5. The van der Waals surface area contributed by atoms with Crippen LogP contribution in [0.15, 0.2) is 29.3 Å². The summed E-state index contributed by atoms with van der Waals surface area (Å²) in [5.74, 6) is 2.61. The van der Waals surface area contributed by atoms with Crippen molar-refractivity contribution in [2.45, 2.75) is 46.3 Å². The molecule has 1 aliphatic rings. The van der Waals surface area contributed by atoms with E-state index in [1.54, 1.807) is 7.11 Å². The average molecular weight is 391 g/mol. The minimum atomic E-state index is -0.0635. The van der Waals surface area contributed by atoms with Crippen molar-refractivity contribution in [2.75, 3.05) is 33.3 Å². The fraction of sp³-hybridized carbons (Fsp3) is 0.619. The first-order chi connectivity index (χ1) is 13.4. The molecule has 2 rings (SSSR count). The van der Waals surface area contributed by atoms with Crippen LogP contribution in [0.4, 0.5) is 0 Å². The second kappa shape index (κ2) is 10.8. The van der Waals surface area contributed by atoms with Gasteiger partial charge in [-0.05, 0) is 44.5 Å². The molecule has 1 aromatic rings. The predicted octanol–water partition coefficient (Wildman–Crippen LogP) is 2.27. The minimum Gasteiger partial charge on any atom is -0.497 e. The molecule has 0 bridgehead atoms. The Bertz CT molecular complexity index is 646. The van der Waals surface area contributed by atoms with Crippen LogP contribution < -0.4 is 20.1 Å². The zero-order valence-electron chi connectivity index (χ0n) is 17.7. The second-order valence-corrected chi connectivity index (χ2v) is 7.39. The standard InChI is InChI=1S/C21H34N4O3/c1-6-22-21(24-17-11-12-25(14-17)20(26)15(2)3)23-13-16(4)28-19-9-7-18(27-5)8-10-19/h7-10,15-17H,6,11-14H2,1-5H3,(H2,22,23,24). The summed E-state index contributed by atoms with van der Waals surface area (Å²) in [5, 5.41) is 6.72. The molecule has 7 nitrogen and oxygen atoms in total. The number of carbonyl (C=O) groups excluding carboxylic acids is 1. The van der Waals surface area contributed by atoms with Gasteiger partial charge in [-0.15, -0.1) is 0 Å².